The molecule has 1 heterocycles. The number of ether oxygens (including phenoxy) is 1. The first-order valence-electron chi connectivity index (χ1n) is 6.14. The highest BCUT2D eigenvalue weighted by atomic mass is 16.5. The smallest absolute Gasteiger partial charge is 0.144 e. The first-order chi connectivity index (χ1) is 8.04. The van der Waals surface area contributed by atoms with Crippen molar-refractivity contribution in [3.05, 3.63) is 12.2 Å². The predicted octanol–water partition coefficient (Wildman–Crippen LogP) is 1.76. The molecule has 1 atom stereocenters. The van der Waals surface area contributed by atoms with E-state index in [2.05, 4.69) is 36.2 Å². The molecule has 0 spiro atoms. The third kappa shape index (κ3) is 3.78. The summed E-state index contributed by atoms with van der Waals surface area (Å²) in [7, 11) is 3.69. The monoisotopic (exact) mass is 240 g/mol. The minimum atomic E-state index is -0.170. The second-order valence-corrected chi connectivity index (χ2v) is 4.85. The molecule has 1 N–H and O–H groups in total. The van der Waals surface area contributed by atoms with Crippen molar-refractivity contribution >= 4 is 0 Å². The van der Waals surface area contributed by atoms with Crippen LogP contribution in [0.1, 0.15) is 45.5 Å². The van der Waals surface area contributed by atoms with Crippen molar-refractivity contribution in [1.82, 2.24) is 20.1 Å². The van der Waals surface area contributed by atoms with E-state index >= 15 is 0 Å². The SMILES string of the molecule is CCCn1ncnc1C(CC(C)(C)OC)NC. The third-order valence-corrected chi connectivity index (χ3v) is 2.99. The summed E-state index contributed by atoms with van der Waals surface area (Å²) in [6, 6.07) is 0.166. The van der Waals surface area contributed by atoms with E-state index < -0.39 is 0 Å². The number of nitrogens with zero attached hydrogens (tertiary/aromatic N) is 3. The van der Waals surface area contributed by atoms with Crippen LogP contribution < -0.4 is 5.32 Å². The standard InChI is InChI=1S/C12H24N4O/c1-6-7-16-11(14-9-15-16)10(13-4)8-12(2,3)17-5/h9-10,13H,6-8H2,1-5H3. The van der Waals surface area contributed by atoms with Crippen LogP contribution in [0.3, 0.4) is 0 Å². The Morgan fingerprint density at radius 3 is 2.76 bits per heavy atom. The van der Waals surface area contributed by atoms with Gasteiger partial charge < -0.3 is 10.1 Å². The van der Waals surface area contributed by atoms with Crippen LogP contribution in [0.4, 0.5) is 0 Å². The second-order valence-electron chi connectivity index (χ2n) is 4.85. The van der Waals surface area contributed by atoms with Crippen LogP contribution in [0.25, 0.3) is 0 Å². The predicted molar refractivity (Wildman–Crippen MR) is 67.8 cm³/mol. The fraction of sp³-hybridized carbons (Fsp3) is 0.833. The summed E-state index contributed by atoms with van der Waals surface area (Å²) in [6.07, 6.45) is 3.54. The van der Waals surface area contributed by atoms with Crippen molar-refractivity contribution in [2.24, 2.45) is 0 Å². The maximum atomic E-state index is 5.47. The Morgan fingerprint density at radius 1 is 1.53 bits per heavy atom. The average molecular weight is 240 g/mol. The van der Waals surface area contributed by atoms with Crippen LogP contribution in [-0.2, 0) is 11.3 Å². The molecule has 0 saturated carbocycles. The molecule has 5 heteroatoms. The van der Waals surface area contributed by atoms with Gasteiger partial charge in [-0.3, -0.25) is 0 Å². The Hall–Kier alpha value is -0.940. The molecule has 0 amide bonds. The first kappa shape index (κ1) is 14.1. The molecular weight excluding hydrogens is 216 g/mol. The molecule has 1 unspecified atom stereocenters. The van der Waals surface area contributed by atoms with E-state index in [-0.39, 0.29) is 11.6 Å². The molecule has 0 aliphatic rings. The molecule has 0 fully saturated rings. The van der Waals surface area contributed by atoms with E-state index in [9.17, 15) is 0 Å². The van der Waals surface area contributed by atoms with E-state index in [1.165, 1.54) is 0 Å². The summed E-state index contributed by atoms with van der Waals surface area (Å²) < 4.78 is 7.44. The highest BCUT2D eigenvalue weighted by Gasteiger charge is 2.25. The highest BCUT2D eigenvalue weighted by molar-refractivity contribution is 4.96. The highest BCUT2D eigenvalue weighted by Crippen LogP contribution is 2.24. The molecule has 1 rings (SSSR count). The maximum absolute atomic E-state index is 5.47. The number of hydrogen-bond donors (Lipinski definition) is 1. The molecule has 0 aliphatic carbocycles. The second kappa shape index (κ2) is 6.12. The summed E-state index contributed by atoms with van der Waals surface area (Å²) in [5.41, 5.74) is -0.170. The van der Waals surface area contributed by atoms with E-state index in [0.717, 1.165) is 25.2 Å². The van der Waals surface area contributed by atoms with Gasteiger partial charge >= 0.3 is 0 Å². The van der Waals surface area contributed by atoms with Gasteiger partial charge in [0, 0.05) is 13.7 Å². The number of aryl methyl sites for hydroxylation is 1. The van der Waals surface area contributed by atoms with Crippen molar-refractivity contribution in [2.75, 3.05) is 14.2 Å². The molecule has 98 valence electrons. The first-order valence-corrected chi connectivity index (χ1v) is 6.14. The summed E-state index contributed by atoms with van der Waals surface area (Å²) in [5, 5.41) is 7.55. The zero-order valence-electron chi connectivity index (χ0n) is 11.5. The van der Waals surface area contributed by atoms with E-state index in [4.69, 9.17) is 4.74 Å². The van der Waals surface area contributed by atoms with Crippen LogP contribution in [0.15, 0.2) is 6.33 Å². The van der Waals surface area contributed by atoms with Gasteiger partial charge in [-0.25, -0.2) is 9.67 Å². The molecule has 0 bridgehead atoms. The number of hydrogen-bond acceptors (Lipinski definition) is 4. The lowest BCUT2D eigenvalue weighted by Crippen LogP contribution is -2.32. The molecule has 0 radical (unpaired) electrons. The van der Waals surface area contributed by atoms with Crippen LogP contribution in [0, 0.1) is 0 Å². The largest absolute Gasteiger partial charge is 0.379 e. The molecule has 1 aromatic rings. The average Bonchev–Trinajstić information content (AvgIpc) is 2.75. The van der Waals surface area contributed by atoms with Crippen molar-refractivity contribution in [3.8, 4) is 0 Å². The number of aromatic nitrogens is 3. The number of methoxy groups -OCH3 is 1. The Bertz CT molecular complexity index is 335. The molecule has 0 aliphatic heterocycles. The lowest BCUT2D eigenvalue weighted by Gasteiger charge is -2.28. The van der Waals surface area contributed by atoms with Gasteiger partial charge in [0.05, 0.1) is 11.6 Å². The lowest BCUT2D eigenvalue weighted by atomic mass is 9.98. The Balaban J connectivity index is 2.82. The van der Waals surface area contributed by atoms with Crippen molar-refractivity contribution < 1.29 is 4.74 Å². The van der Waals surface area contributed by atoms with Gasteiger partial charge in [-0.15, -0.1) is 0 Å². The van der Waals surface area contributed by atoms with Gasteiger partial charge in [-0.1, -0.05) is 6.92 Å². The maximum Gasteiger partial charge on any atom is 0.144 e. The molecule has 1 aromatic heterocycles. The summed E-state index contributed by atoms with van der Waals surface area (Å²) in [4.78, 5) is 4.36. The van der Waals surface area contributed by atoms with Gasteiger partial charge in [-0.2, -0.15) is 5.10 Å². The van der Waals surface area contributed by atoms with Crippen LogP contribution in [0.2, 0.25) is 0 Å². The van der Waals surface area contributed by atoms with Crippen molar-refractivity contribution in [1.29, 1.82) is 0 Å². The Labute approximate surface area is 104 Å². The van der Waals surface area contributed by atoms with Crippen LogP contribution in [-0.4, -0.2) is 34.5 Å². The number of nitrogens with one attached hydrogen (secondary N) is 1. The Kier molecular flexibility index (Phi) is 5.08. The van der Waals surface area contributed by atoms with Crippen LogP contribution >= 0.6 is 0 Å². The van der Waals surface area contributed by atoms with Gasteiger partial charge in [-0.05, 0) is 33.7 Å². The molecule has 0 saturated heterocycles. The topological polar surface area (TPSA) is 52.0 Å². The molecule has 17 heavy (non-hydrogen) atoms. The van der Waals surface area contributed by atoms with Crippen molar-refractivity contribution in [2.45, 2.75) is 51.8 Å². The van der Waals surface area contributed by atoms with E-state index in [0.29, 0.717) is 0 Å². The van der Waals surface area contributed by atoms with E-state index in [1.54, 1.807) is 13.4 Å². The normalized spacial score (nSPS) is 13.9. The summed E-state index contributed by atoms with van der Waals surface area (Å²) >= 11 is 0. The number of rotatable bonds is 7. The zero-order valence-corrected chi connectivity index (χ0v) is 11.5. The quantitative estimate of drug-likeness (QED) is 0.789. The zero-order chi connectivity index (χ0) is 12.9. The summed E-state index contributed by atoms with van der Waals surface area (Å²) in [6.45, 7) is 7.20. The van der Waals surface area contributed by atoms with Crippen molar-refractivity contribution in [3.63, 3.8) is 0 Å². The van der Waals surface area contributed by atoms with Crippen LogP contribution in [0.5, 0.6) is 0 Å². The molecule has 0 aromatic carbocycles. The Morgan fingerprint density at radius 2 is 2.24 bits per heavy atom. The fourth-order valence-corrected chi connectivity index (χ4v) is 1.82. The minimum Gasteiger partial charge on any atom is -0.379 e. The molecular formula is C12H24N4O. The minimum absolute atomic E-state index is 0.166. The van der Waals surface area contributed by atoms with Gasteiger partial charge in [0.2, 0.25) is 0 Å². The lowest BCUT2D eigenvalue weighted by molar-refractivity contribution is 0.00637. The molecule has 5 nitrogen and oxygen atoms in total. The summed E-state index contributed by atoms with van der Waals surface area (Å²) in [5.74, 6) is 0.986. The third-order valence-electron chi connectivity index (χ3n) is 2.99. The van der Waals surface area contributed by atoms with Gasteiger partial charge in [0.1, 0.15) is 12.2 Å². The fourth-order valence-electron chi connectivity index (χ4n) is 1.82. The van der Waals surface area contributed by atoms with Gasteiger partial charge in [0.25, 0.3) is 0 Å². The van der Waals surface area contributed by atoms with Gasteiger partial charge in [0.15, 0.2) is 0 Å². The van der Waals surface area contributed by atoms with E-state index in [1.807, 2.05) is 11.7 Å².